The summed E-state index contributed by atoms with van der Waals surface area (Å²) in [4.78, 5) is 4.28. The second kappa shape index (κ2) is 8.25. The van der Waals surface area contributed by atoms with E-state index >= 15 is 0 Å². The Balaban J connectivity index is 1.59. The fourth-order valence-corrected chi connectivity index (χ4v) is 3.74. The highest BCUT2D eigenvalue weighted by Crippen LogP contribution is 2.29. The van der Waals surface area contributed by atoms with Crippen LogP contribution in [0.4, 0.5) is 4.39 Å². The summed E-state index contributed by atoms with van der Waals surface area (Å²) in [7, 11) is 1.73. The molecule has 0 bridgehead atoms. The molecule has 1 aliphatic heterocycles. The molecule has 0 saturated carbocycles. The summed E-state index contributed by atoms with van der Waals surface area (Å²) in [6.45, 7) is 6.24. The highest BCUT2D eigenvalue weighted by molar-refractivity contribution is 6.31. The van der Waals surface area contributed by atoms with Gasteiger partial charge >= 0.3 is 0 Å². The molecule has 1 aromatic heterocycles. The van der Waals surface area contributed by atoms with Crippen molar-refractivity contribution in [3.05, 3.63) is 46.3 Å². The molecule has 27 heavy (non-hydrogen) atoms. The van der Waals surface area contributed by atoms with Crippen molar-refractivity contribution in [1.82, 2.24) is 25.4 Å². The van der Waals surface area contributed by atoms with E-state index in [2.05, 4.69) is 44.2 Å². The molecule has 0 atom stereocenters. The number of nitrogens with one attached hydrogen (secondary N) is 2. The third kappa shape index (κ3) is 4.58. The molecular weight excluding hydrogens is 367 g/mol. The number of halogens is 2. The van der Waals surface area contributed by atoms with Gasteiger partial charge in [-0.15, -0.1) is 10.2 Å². The van der Waals surface area contributed by atoms with Crippen molar-refractivity contribution in [2.24, 2.45) is 4.99 Å². The van der Waals surface area contributed by atoms with Crippen molar-refractivity contribution < 1.29 is 4.39 Å². The molecular formula is C19H26ClFN6. The monoisotopic (exact) mass is 392 g/mol. The Morgan fingerprint density at radius 2 is 2.11 bits per heavy atom. The summed E-state index contributed by atoms with van der Waals surface area (Å²) < 4.78 is 15.5. The predicted octanol–water partition coefficient (Wildman–Crippen LogP) is 3.05. The predicted molar refractivity (Wildman–Crippen MR) is 106 cm³/mol. The van der Waals surface area contributed by atoms with E-state index in [4.69, 9.17) is 11.6 Å². The Morgan fingerprint density at radius 3 is 2.85 bits per heavy atom. The highest BCUT2D eigenvalue weighted by Gasteiger charge is 2.24. The summed E-state index contributed by atoms with van der Waals surface area (Å²) in [5.41, 5.74) is 0.594. The standard InChI is InChI=1S/C19H26ClFN6/c1-19(2,14-8-7-13(21)10-15(14)20)12-24-18(22-3)23-11-17-26-25-16-6-4-5-9-27(16)17/h7-8,10H,4-6,9,11-12H2,1-3H3,(H2,22,23,24). The molecule has 1 aliphatic rings. The molecule has 3 rings (SSSR count). The third-order valence-corrected chi connectivity index (χ3v) is 5.24. The van der Waals surface area contributed by atoms with Gasteiger partial charge in [0.05, 0.1) is 6.54 Å². The summed E-state index contributed by atoms with van der Waals surface area (Å²) in [5.74, 6) is 2.33. The van der Waals surface area contributed by atoms with E-state index in [1.807, 2.05) is 0 Å². The van der Waals surface area contributed by atoms with Gasteiger partial charge in [0.2, 0.25) is 0 Å². The van der Waals surface area contributed by atoms with Crippen LogP contribution < -0.4 is 10.6 Å². The van der Waals surface area contributed by atoms with Crippen LogP contribution in [0.5, 0.6) is 0 Å². The molecule has 0 fully saturated rings. The maximum atomic E-state index is 13.3. The largest absolute Gasteiger partial charge is 0.356 e. The molecule has 0 unspecified atom stereocenters. The topological polar surface area (TPSA) is 67.1 Å². The number of hydrogen-bond donors (Lipinski definition) is 2. The first-order valence-electron chi connectivity index (χ1n) is 9.22. The highest BCUT2D eigenvalue weighted by atomic mass is 35.5. The van der Waals surface area contributed by atoms with Crippen LogP contribution in [0.25, 0.3) is 0 Å². The Kier molecular flexibility index (Phi) is 5.99. The van der Waals surface area contributed by atoms with Gasteiger partial charge in [0.25, 0.3) is 0 Å². The molecule has 0 spiro atoms. The number of aliphatic imine (C=N–C) groups is 1. The smallest absolute Gasteiger partial charge is 0.191 e. The van der Waals surface area contributed by atoms with Gasteiger partial charge in [-0.1, -0.05) is 31.5 Å². The molecule has 146 valence electrons. The minimum Gasteiger partial charge on any atom is -0.356 e. The number of rotatable bonds is 5. The quantitative estimate of drug-likeness (QED) is 0.606. The van der Waals surface area contributed by atoms with Crippen molar-refractivity contribution in [3.8, 4) is 0 Å². The lowest BCUT2D eigenvalue weighted by molar-refractivity contribution is 0.498. The SMILES string of the molecule is CN=C(NCc1nnc2n1CCCC2)NCC(C)(C)c1ccc(F)cc1Cl. The lowest BCUT2D eigenvalue weighted by atomic mass is 9.84. The van der Waals surface area contributed by atoms with Gasteiger partial charge < -0.3 is 15.2 Å². The molecule has 0 aliphatic carbocycles. The number of aryl methyl sites for hydroxylation is 1. The number of guanidine groups is 1. The fourth-order valence-electron chi connectivity index (χ4n) is 3.32. The van der Waals surface area contributed by atoms with Crippen LogP contribution in [0.2, 0.25) is 5.02 Å². The van der Waals surface area contributed by atoms with Crippen LogP contribution in [0.1, 0.15) is 43.9 Å². The Labute approximate surface area is 164 Å². The van der Waals surface area contributed by atoms with Crippen molar-refractivity contribution in [3.63, 3.8) is 0 Å². The van der Waals surface area contributed by atoms with E-state index in [1.54, 1.807) is 13.1 Å². The number of aromatic nitrogens is 3. The molecule has 1 aromatic carbocycles. The van der Waals surface area contributed by atoms with Crippen LogP contribution in [0.15, 0.2) is 23.2 Å². The zero-order chi connectivity index (χ0) is 19.4. The minimum atomic E-state index is -0.332. The summed E-state index contributed by atoms with van der Waals surface area (Å²) in [6.07, 6.45) is 3.33. The first-order valence-corrected chi connectivity index (χ1v) is 9.59. The maximum absolute atomic E-state index is 13.3. The van der Waals surface area contributed by atoms with Gasteiger partial charge in [0.15, 0.2) is 11.8 Å². The van der Waals surface area contributed by atoms with Gasteiger partial charge in [-0.05, 0) is 30.5 Å². The van der Waals surface area contributed by atoms with E-state index < -0.39 is 0 Å². The first-order chi connectivity index (χ1) is 12.9. The van der Waals surface area contributed by atoms with E-state index in [-0.39, 0.29) is 11.2 Å². The van der Waals surface area contributed by atoms with Crippen molar-refractivity contribution >= 4 is 17.6 Å². The Bertz CT molecular complexity index is 830. The Hall–Kier alpha value is -2.15. The number of hydrogen-bond acceptors (Lipinski definition) is 3. The van der Waals surface area contributed by atoms with Gasteiger partial charge in [-0.2, -0.15) is 0 Å². The summed E-state index contributed by atoms with van der Waals surface area (Å²) >= 11 is 6.23. The number of benzene rings is 1. The molecule has 0 radical (unpaired) electrons. The summed E-state index contributed by atoms with van der Waals surface area (Å²) in [5, 5.41) is 15.6. The third-order valence-electron chi connectivity index (χ3n) is 4.93. The zero-order valence-electron chi connectivity index (χ0n) is 16.0. The van der Waals surface area contributed by atoms with Crippen LogP contribution in [0, 0.1) is 5.82 Å². The molecule has 2 aromatic rings. The molecule has 8 heteroatoms. The normalized spacial score (nSPS) is 14.8. The van der Waals surface area contributed by atoms with Crippen molar-refractivity contribution in [1.29, 1.82) is 0 Å². The lowest BCUT2D eigenvalue weighted by Crippen LogP contribution is -2.43. The van der Waals surface area contributed by atoms with Crippen molar-refractivity contribution in [2.75, 3.05) is 13.6 Å². The van der Waals surface area contributed by atoms with E-state index in [9.17, 15) is 4.39 Å². The first kappa shape index (κ1) is 19.6. The van der Waals surface area contributed by atoms with Gasteiger partial charge in [-0.25, -0.2) is 4.39 Å². The number of nitrogens with zero attached hydrogens (tertiary/aromatic N) is 4. The fraction of sp³-hybridized carbons (Fsp3) is 0.526. The second-order valence-electron chi connectivity index (χ2n) is 7.43. The Morgan fingerprint density at radius 1 is 1.30 bits per heavy atom. The zero-order valence-corrected chi connectivity index (χ0v) is 16.8. The van der Waals surface area contributed by atoms with Crippen LogP contribution >= 0.6 is 11.6 Å². The average molecular weight is 393 g/mol. The maximum Gasteiger partial charge on any atom is 0.191 e. The van der Waals surface area contributed by atoms with Gasteiger partial charge in [0, 0.05) is 37.0 Å². The molecule has 0 amide bonds. The lowest BCUT2D eigenvalue weighted by Gasteiger charge is -2.27. The van der Waals surface area contributed by atoms with Crippen LogP contribution in [-0.2, 0) is 24.9 Å². The number of fused-ring (bicyclic) bond motifs is 1. The van der Waals surface area contributed by atoms with E-state index in [1.165, 1.54) is 18.6 Å². The van der Waals surface area contributed by atoms with E-state index in [0.29, 0.717) is 24.1 Å². The molecule has 2 N–H and O–H groups in total. The molecule has 6 nitrogen and oxygen atoms in total. The molecule has 0 saturated heterocycles. The van der Waals surface area contributed by atoms with Crippen LogP contribution in [0.3, 0.4) is 0 Å². The van der Waals surface area contributed by atoms with E-state index in [0.717, 1.165) is 36.6 Å². The van der Waals surface area contributed by atoms with Crippen LogP contribution in [-0.4, -0.2) is 34.3 Å². The minimum absolute atomic E-state index is 0.295. The summed E-state index contributed by atoms with van der Waals surface area (Å²) in [6, 6.07) is 4.52. The van der Waals surface area contributed by atoms with Gasteiger partial charge in [-0.3, -0.25) is 4.99 Å². The van der Waals surface area contributed by atoms with Crippen molar-refractivity contribution in [2.45, 2.75) is 51.6 Å². The average Bonchev–Trinajstić information content (AvgIpc) is 3.05. The molecule has 2 heterocycles. The van der Waals surface area contributed by atoms with Gasteiger partial charge in [0.1, 0.15) is 11.6 Å². The second-order valence-corrected chi connectivity index (χ2v) is 7.84.